The quantitative estimate of drug-likeness (QED) is 0.590. The van der Waals surface area contributed by atoms with Crippen LogP contribution in [0.3, 0.4) is 0 Å². The summed E-state index contributed by atoms with van der Waals surface area (Å²) in [4.78, 5) is 0. The third kappa shape index (κ3) is 2.59. The lowest BCUT2D eigenvalue weighted by atomic mass is 9.93. The summed E-state index contributed by atoms with van der Waals surface area (Å²) >= 11 is 0. The lowest BCUT2D eigenvalue weighted by Crippen LogP contribution is -2.15. The molecule has 3 rings (SSSR count). The molecule has 1 unspecified atom stereocenters. The maximum absolute atomic E-state index is 2.43. The molecule has 0 amide bonds. The van der Waals surface area contributed by atoms with Crippen molar-refractivity contribution in [2.75, 3.05) is 0 Å². The first kappa shape index (κ1) is 15.3. The second-order valence-corrected chi connectivity index (χ2v) is 9.82. The molecule has 0 bridgehead atoms. The lowest BCUT2D eigenvalue weighted by Gasteiger charge is -2.19. The van der Waals surface area contributed by atoms with Crippen LogP contribution in [-0.4, -0.2) is 8.80 Å². The third-order valence-corrected chi connectivity index (χ3v) is 6.53. The van der Waals surface area contributed by atoms with E-state index < -0.39 is 0 Å². The number of fused-ring (bicyclic) bond motifs is 1. The average molecular weight is 306 g/mol. The Bertz CT molecular complexity index is 745. The molecule has 0 spiro atoms. The second kappa shape index (κ2) is 5.55. The first-order chi connectivity index (χ1) is 10.4. The lowest BCUT2D eigenvalue weighted by molar-refractivity contribution is 1.10. The number of aryl methyl sites for hydroxylation is 3. The van der Waals surface area contributed by atoms with Crippen LogP contribution >= 0.6 is 0 Å². The van der Waals surface area contributed by atoms with Gasteiger partial charge in [-0.2, -0.15) is 0 Å². The van der Waals surface area contributed by atoms with Gasteiger partial charge in [-0.3, -0.25) is 0 Å². The summed E-state index contributed by atoms with van der Waals surface area (Å²) in [5.41, 5.74) is 12.1. The van der Waals surface area contributed by atoms with Gasteiger partial charge in [0.25, 0.3) is 0 Å². The Morgan fingerprint density at radius 3 is 1.95 bits per heavy atom. The van der Waals surface area contributed by atoms with Gasteiger partial charge in [0.05, 0.1) is 8.80 Å². The highest BCUT2D eigenvalue weighted by molar-refractivity contribution is 6.58. The van der Waals surface area contributed by atoms with Crippen LogP contribution in [0.1, 0.15) is 40.3 Å². The molecule has 0 aromatic heterocycles. The zero-order valence-electron chi connectivity index (χ0n) is 14.5. The SMILES string of the molecule is CC1=Cc2c(-c3cc(C)cc(C)c3)cc(C)cc2C1[Si](C)C. The first-order valence-electron chi connectivity index (χ1n) is 8.08. The predicted molar refractivity (Wildman–Crippen MR) is 100.0 cm³/mol. The highest BCUT2D eigenvalue weighted by atomic mass is 28.3. The molecule has 2 aromatic carbocycles. The van der Waals surface area contributed by atoms with Crippen LogP contribution in [-0.2, 0) is 0 Å². The van der Waals surface area contributed by atoms with Crippen molar-refractivity contribution in [3.63, 3.8) is 0 Å². The Labute approximate surface area is 136 Å². The van der Waals surface area contributed by atoms with Crippen LogP contribution in [0.2, 0.25) is 13.1 Å². The molecule has 0 saturated heterocycles. The van der Waals surface area contributed by atoms with Crippen molar-refractivity contribution in [1.82, 2.24) is 0 Å². The maximum Gasteiger partial charge on any atom is 0.0551 e. The van der Waals surface area contributed by atoms with Crippen molar-refractivity contribution in [3.8, 4) is 11.1 Å². The van der Waals surface area contributed by atoms with E-state index in [1.54, 1.807) is 11.1 Å². The zero-order valence-corrected chi connectivity index (χ0v) is 15.5. The van der Waals surface area contributed by atoms with Gasteiger partial charge >= 0.3 is 0 Å². The summed E-state index contributed by atoms with van der Waals surface area (Å²) in [6.07, 6.45) is 2.43. The molecule has 0 nitrogen and oxygen atoms in total. The van der Waals surface area contributed by atoms with Crippen molar-refractivity contribution in [2.24, 2.45) is 0 Å². The Hall–Kier alpha value is -1.60. The van der Waals surface area contributed by atoms with Crippen molar-refractivity contribution < 1.29 is 0 Å². The molecule has 0 fully saturated rings. The Balaban J connectivity index is 2.25. The summed E-state index contributed by atoms with van der Waals surface area (Å²) in [5.74, 6) is 0. The molecular formula is C21H25Si. The first-order valence-corrected chi connectivity index (χ1v) is 10.7. The van der Waals surface area contributed by atoms with Gasteiger partial charge in [0.15, 0.2) is 0 Å². The molecule has 0 saturated carbocycles. The molecule has 113 valence electrons. The number of benzene rings is 2. The van der Waals surface area contributed by atoms with Gasteiger partial charge < -0.3 is 0 Å². The van der Waals surface area contributed by atoms with Gasteiger partial charge in [0, 0.05) is 0 Å². The average Bonchev–Trinajstić information content (AvgIpc) is 2.72. The maximum atomic E-state index is 2.43. The number of hydrogen-bond donors (Lipinski definition) is 0. The van der Waals surface area contributed by atoms with Crippen LogP contribution in [0.5, 0.6) is 0 Å². The molecule has 0 aliphatic heterocycles. The van der Waals surface area contributed by atoms with Crippen LogP contribution < -0.4 is 0 Å². The van der Waals surface area contributed by atoms with E-state index in [0.717, 1.165) is 0 Å². The van der Waals surface area contributed by atoms with Gasteiger partial charge in [-0.15, -0.1) is 0 Å². The fourth-order valence-electron chi connectivity index (χ4n) is 3.92. The smallest absolute Gasteiger partial charge is 0.0551 e. The van der Waals surface area contributed by atoms with E-state index in [9.17, 15) is 0 Å². The molecule has 1 aliphatic carbocycles. The highest BCUT2D eigenvalue weighted by Gasteiger charge is 2.28. The highest BCUT2D eigenvalue weighted by Crippen LogP contribution is 2.43. The molecule has 1 aliphatic rings. The molecule has 2 aromatic rings. The Morgan fingerprint density at radius 1 is 0.773 bits per heavy atom. The number of rotatable bonds is 2. The van der Waals surface area contributed by atoms with E-state index in [1.807, 2.05) is 0 Å². The summed E-state index contributed by atoms with van der Waals surface area (Å²) in [6, 6.07) is 11.7. The van der Waals surface area contributed by atoms with Crippen molar-refractivity contribution in [1.29, 1.82) is 0 Å². The summed E-state index contributed by atoms with van der Waals surface area (Å²) in [7, 11) is -0.372. The molecule has 22 heavy (non-hydrogen) atoms. The normalized spacial score (nSPS) is 16.9. The van der Waals surface area contributed by atoms with Crippen molar-refractivity contribution >= 4 is 14.9 Å². The minimum atomic E-state index is -0.372. The van der Waals surface area contributed by atoms with Crippen LogP contribution in [0.15, 0.2) is 35.9 Å². The van der Waals surface area contributed by atoms with Gasteiger partial charge in [0.1, 0.15) is 0 Å². The Kier molecular flexibility index (Phi) is 3.86. The fraction of sp³-hybridized carbons (Fsp3) is 0.333. The second-order valence-electron chi connectivity index (χ2n) is 7.09. The monoisotopic (exact) mass is 305 g/mol. The molecule has 1 radical (unpaired) electrons. The number of allylic oxidation sites excluding steroid dienone is 1. The standard InChI is InChI=1S/C21H25Si/c1-13-7-14(2)9-17(8-13)18-10-15(3)11-20-19(18)12-16(4)21(20)22(5)6/h7-12,21H,1-6H3. The predicted octanol–water partition coefficient (Wildman–Crippen LogP) is 6.07. The van der Waals surface area contributed by atoms with Gasteiger partial charge in [-0.05, 0) is 55.5 Å². The van der Waals surface area contributed by atoms with Crippen LogP contribution in [0, 0.1) is 20.8 Å². The van der Waals surface area contributed by atoms with Gasteiger partial charge in [0.2, 0.25) is 0 Å². The van der Waals surface area contributed by atoms with E-state index >= 15 is 0 Å². The largest absolute Gasteiger partial charge is 0.0705 e. The van der Waals surface area contributed by atoms with Gasteiger partial charge in [-0.25, -0.2) is 0 Å². The van der Waals surface area contributed by atoms with E-state index in [4.69, 9.17) is 0 Å². The minimum Gasteiger partial charge on any atom is -0.0705 e. The summed E-state index contributed by atoms with van der Waals surface area (Å²) < 4.78 is 0. The zero-order chi connectivity index (χ0) is 16.0. The summed E-state index contributed by atoms with van der Waals surface area (Å²) in [5, 5.41) is 0. The van der Waals surface area contributed by atoms with E-state index in [1.165, 1.54) is 33.4 Å². The van der Waals surface area contributed by atoms with Gasteiger partial charge in [-0.1, -0.05) is 71.8 Å². The summed E-state index contributed by atoms with van der Waals surface area (Å²) in [6.45, 7) is 13.8. The third-order valence-electron chi connectivity index (χ3n) is 4.60. The van der Waals surface area contributed by atoms with E-state index in [0.29, 0.717) is 5.54 Å². The Morgan fingerprint density at radius 2 is 1.36 bits per heavy atom. The van der Waals surface area contributed by atoms with E-state index in [2.05, 4.69) is 77.2 Å². The fourth-order valence-corrected chi connectivity index (χ4v) is 5.77. The molecule has 0 N–H and O–H groups in total. The molecule has 1 atom stereocenters. The van der Waals surface area contributed by atoms with Crippen molar-refractivity contribution in [3.05, 3.63) is 63.7 Å². The number of hydrogen-bond acceptors (Lipinski definition) is 0. The topological polar surface area (TPSA) is 0 Å². The van der Waals surface area contributed by atoms with Crippen LogP contribution in [0.4, 0.5) is 0 Å². The van der Waals surface area contributed by atoms with E-state index in [-0.39, 0.29) is 8.80 Å². The van der Waals surface area contributed by atoms with Crippen LogP contribution in [0.25, 0.3) is 17.2 Å². The minimum absolute atomic E-state index is 0.372. The van der Waals surface area contributed by atoms with Crippen molar-refractivity contribution in [2.45, 2.75) is 46.3 Å². The molecule has 0 heterocycles. The molecular weight excluding hydrogens is 280 g/mol. The molecule has 1 heteroatoms.